The van der Waals surface area contributed by atoms with Gasteiger partial charge in [0, 0.05) is 6.54 Å². The first-order chi connectivity index (χ1) is 5.99. The Morgan fingerprint density at radius 1 is 1.64 bits per heavy atom. The molecule has 0 aromatic carbocycles. The molecular weight excluding hydrogens is 220 g/mol. The number of rotatable bonds is 1. The van der Waals surface area contributed by atoms with Crippen LogP contribution in [-0.2, 0) is 14.3 Å². The number of piperidine rings is 1. The highest BCUT2D eigenvalue weighted by atomic mass is 35.5. The lowest BCUT2D eigenvalue weighted by Gasteiger charge is -2.26. The summed E-state index contributed by atoms with van der Waals surface area (Å²) < 4.78 is 29.7. The number of ketones is 1. The van der Waals surface area contributed by atoms with Crippen LogP contribution in [-0.4, -0.2) is 37.9 Å². The number of carbonyl (C=O) groups excluding carboxylic acids is 2. The smallest absolute Gasteiger partial charge is 0.318 e. The first kappa shape index (κ1) is 13.2. The molecule has 0 radical (unpaired) electrons. The molecule has 0 spiro atoms. The number of hydrogen-bond donors (Lipinski definition) is 1. The van der Waals surface area contributed by atoms with Gasteiger partial charge in [-0.15, -0.1) is 12.4 Å². The summed E-state index contributed by atoms with van der Waals surface area (Å²) >= 11 is 0. The van der Waals surface area contributed by atoms with Crippen LogP contribution >= 0.6 is 12.4 Å². The fourth-order valence-corrected chi connectivity index (χ4v) is 1.14. The van der Waals surface area contributed by atoms with E-state index in [2.05, 4.69) is 10.1 Å². The van der Waals surface area contributed by atoms with Gasteiger partial charge in [-0.2, -0.15) is 8.78 Å². The highest BCUT2D eigenvalue weighted by Crippen LogP contribution is 2.22. The van der Waals surface area contributed by atoms with Crippen LogP contribution in [0.25, 0.3) is 0 Å². The maximum Gasteiger partial charge on any atom is 0.318 e. The lowest BCUT2D eigenvalue weighted by Crippen LogP contribution is -2.54. The predicted octanol–water partition coefficient (Wildman–Crippen LogP) is 0.00500. The maximum atomic E-state index is 12.7. The van der Waals surface area contributed by atoms with E-state index in [0.717, 1.165) is 7.11 Å². The van der Waals surface area contributed by atoms with E-state index in [9.17, 15) is 18.4 Å². The Morgan fingerprint density at radius 3 is 2.71 bits per heavy atom. The molecule has 14 heavy (non-hydrogen) atoms. The SMILES string of the molecule is COC(=O)C1CNCC(F)(F)C1=O.Cl. The van der Waals surface area contributed by atoms with Crippen LogP contribution in [0.2, 0.25) is 0 Å². The molecule has 1 fully saturated rings. The molecular formula is C7H10ClF2NO3. The molecule has 1 N–H and O–H groups in total. The molecule has 1 aliphatic heterocycles. The van der Waals surface area contributed by atoms with Gasteiger partial charge < -0.3 is 10.1 Å². The number of Topliss-reactive ketones (excluding diaryl/α,β-unsaturated/α-hetero) is 1. The van der Waals surface area contributed by atoms with Gasteiger partial charge in [0.2, 0.25) is 5.78 Å². The van der Waals surface area contributed by atoms with E-state index in [-0.39, 0.29) is 19.0 Å². The Labute approximate surface area is 85.4 Å². The molecule has 0 aliphatic carbocycles. The van der Waals surface area contributed by atoms with E-state index in [1.807, 2.05) is 0 Å². The van der Waals surface area contributed by atoms with Crippen LogP contribution < -0.4 is 5.32 Å². The second-order valence-corrected chi connectivity index (χ2v) is 2.78. The lowest BCUT2D eigenvalue weighted by atomic mass is 9.95. The Hall–Kier alpha value is -0.750. The molecule has 1 saturated heterocycles. The summed E-state index contributed by atoms with van der Waals surface area (Å²) in [5, 5.41) is 2.30. The minimum atomic E-state index is -3.46. The van der Waals surface area contributed by atoms with Crippen LogP contribution in [0.1, 0.15) is 0 Å². The van der Waals surface area contributed by atoms with Gasteiger partial charge in [0.15, 0.2) is 0 Å². The molecule has 7 heteroatoms. The number of nitrogens with one attached hydrogen (secondary N) is 1. The zero-order valence-corrected chi connectivity index (χ0v) is 8.20. The van der Waals surface area contributed by atoms with E-state index in [1.54, 1.807) is 0 Å². The zero-order valence-electron chi connectivity index (χ0n) is 7.38. The second kappa shape index (κ2) is 4.65. The summed E-state index contributed by atoms with van der Waals surface area (Å²) in [6.07, 6.45) is 0. The Bertz CT molecular complexity index is 247. The van der Waals surface area contributed by atoms with Crippen molar-refractivity contribution < 1.29 is 23.1 Å². The standard InChI is InChI=1S/C7H9F2NO3.ClH/c1-13-6(12)4-2-10-3-7(8,9)5(4)11;/h4,10H,2-3H2,1H3;1H. The van der Waals surface area contributed by atoms with Gasteiger partial charge in [-0.25, -0.2) is 0 Å². The van der Waals surface area contributed by atoms with Crippen LogP contribution in [0.5, 0.6) is 0 Å². The van der Waals surface area contributed by atoms with Gasteiger partial charge in [0.1, 0.15) is 5.92 Å². The Balaban J connectivity index is 0.00000169. The van der Waals surface area contributed by atoms with Crippen molar-refractivity contribution in [1.82, 2.24) is 5.32 Å². The summed E-state index contributed by atoms with van der Waals surface area (Å²) in [6.45, 7) is -0.791. The Kier molecular flexibility index (Phi) is 4.41. The third kappa shape index (κ3) is 2.39. The number of methoxy groups -OCH3 is 1. The third-order valence-corrected chi connectivity index (χ3v) is 1.86. The predicted molar refractivity (Wildman–Crippen MR) is 45.6 cm³/mol. The molecule has 0 bridgehead atoms. The van der Waals surface area contributed by atoms with Crippen LogP contribution in [0.4, 0.5) is 8.78 Å². The number of halogens is 3. The zero-order chi connectivity index (χ0) is 10.1. The number of ether oxygens (including phenoxy) is 1. The highest BCUT2D eigenvalue weighted by Gasteiger charge is 2.49. The largest absolute Gasteiger partial charge is 0.468 e. The van der Waals surface area contributed by atoms with Gasteiger partial charge in [-0.05, 0) is 0 Å². The minimum Gasteiger partial charge on any atom is -0.468 e. The molecule has 0 saturated carbocycles. The molecule has 4 nitrogen and oxygen atoms in total. The van der Waals surface area contributed by atoms with Gasteiger partial charge in [-0.3, -0.25) is 9.59 Å². The average molecular weight is 230 g/mol. The maximum absolute atomic E-state index is 12.7. The first-order valence-electron chi connectivity index (χ1n) is 3.69. The van der Waals surface area contributed by atoms with Gasteiger partial charge in [0.05, 0.1) is 13.7 Å². The summed E-state index contributed by atoms with van der Waals surface area (Å²) in [5.41, 5.74) is 0. The number of esters is 1. The van der Waals surface area contributed by atoms with Gasteiger partial charge in [0.25, 0.3) is 0 Å². The quantitative estimate of drug-likeness (QED) is 0.508. The van der Waals surface area contributed by atoms with E-state index in [4.69, 9.17) is 0 Å². The number of carbonyl (C=O) groups is 2. The molecule has 0 aromatic heterocycles. The summed E-state index contributed by atoms with van der Waals surface area (Å²) in [5.74, 6) is -7.12. The highest BCUT2D eigenvalue weighted by molar-refractivity contribution is 6.03. The number of alkyl halides is 2. The van der Waals surface area contributed by atoms with Crippen molar-refractivity contribution in [2.24, 2.45) is 5.92 Å². The molecule has 0 amide bonds. The van der Waals surface area contributed by atoms with E-state index < -0.39 is 30.1 Å². The average Bonchev–Trinajstić information content (AvgIpc) is 2.08. The minimum absolute atomic E-state index is 0. The van der Waals surface area contributed by atoms with Crippen molar-refractivity contribution in [3.05, 3.63) is 0 Å². The van der Waals surface area contributed by atoms with Crippen molar-refractivity contribution in [3.63, 3.8) is 0 Å². The van der Waals surface area contributed by atoms with Crippen molar-refractivity contribution in [2.75, 3.05) is 20.2 Å². The van der Waals surface area contributed by atoms with Crippen molar-refractivity contribution >= 4 is 24.2 Å². The van der Waals surface area contributed by atoms with E-state index >= 15 is 0 Å². The second-order valence-electron chi connectivity index (χ2n) is 2.78. The first-order valence-corrected chi connectivity index (χ1v) is 3.69. The van der Waals surface area contributed by atoms with Crippen molar-refractivity contribution in [1.29, 1.82) is 0 Å². The normalized spacial score (nSPS) is 25.1. The molecule has 1 heterocycles. The lowest BCUT2D eigenvalue weighted by molar-refractivity contribution is -0.162. The van der Waals surface area contributed by atoms with Crippen molar-refractivity contribution in [2.45, 2.75) is 5.92 Å². The van der Waals surface area contributed by atoms with Gasteiger partial charge >= 0.3 is 11.9 Å². The van der Waals surface area contributed by atoms with E-state index in [1.165, 1.54) is 0 Å². The number of hydrogen-bond acceptors (Lipinski definition) is 4. The Morgan fingerprint density at radius 2 is 2.21 bits per heavy atom. The van der Waals surface area contributed by atoms with Crippen LogP contribution in [0.15, 0.2) is 0 Å². The molecule has 1 atom stereocenters. The topological polar surface area (TPSA) is 55.4 Å². The fourth-order valence-electron chi connectivity index (χ4n) is 1.14. The molecule has 1 unspecified atom stereocenters. The van der Waals surface area contributed by atoms with Crippen LogP contribution in [0.3, 0.4) is 0 Å². The van der Waals surface area contributed by atoms with Crippen molar-refractivity contribution in [3.8, 4) is 0 Å². The third-order valence-electron chi connectivity index (χ3n) is 1.86. The van der Waals surface area contributed by atoms with Crippen LogP contribution in [0, 0.1) is 5.92 Å². The molecule has 0 aromatic rings. The summed E-state index contributed by atoms with van der Waals surface area (Å²) in [6, 6.07) is 0. The molecule has 1 rings (SSSR count). The molecule has 1 aliphatic rings. The summed E-state index contributed by atoms with van der Waals surface area (Å²) in [4.78, 5) is 21.8. The summed E-state index contributed by atoms with van der Waals surface area (Å²) in [7, 11) is 1.06. The monoisotopic (exact) mass is 229 g/mol. The molecule has 82 valence electrons. The fraction of sp³-hybridized carbons (Fsp3) is 0.714. The van der Waals surface area contributed by atoms with E-state index in [0.29, 0.717) is 0 Å². The van der Waals surface area contributed by atoms with Gasteiger partial charge in [-0.1, -0.05) is 0 Å².